The molecular weight excluding hydrogens is 309 g/mol. The van der Waals surface area contributed by atoms with Crippen LogP contribution in [0.15, 0.2) is 42.5 Å². The van der Waals surface area contributed by atoms with E-state index in [1.165, 1.54) is 19.1 Å². The average molecular weight is 321 g/mol. The minimum atomic E-state index is -1.18. The normalized spacial score (nSPS) is 11.6. The molecule has 0 fully saturated rings. The van der Waals surface area contributed by atoms with Gasteiger partial charge in [-0.25, -0.2) is 9.18 Å². The predicted octanol–water partition coefficient (Wildman–Crippen LogP) is 3.38. The third-order valence-electron chi connectivity index (χ3n) is 2.84. The number of hydrogen-bond donors (Lipinski definition) is 1. The maximum atomic E-state index is 13.3. The van der Waals surface area contributed by atoms with Gasteiger partial charge in [0.1, 0.15) is 5.82 Å². The molecule has 7 nitrogen and oxygen atoms in total. The van der Waals surface area contributed by atoms with E-state index in [0.29, 0.717) is 0 Å². The van der Waals surface area contributed by atoms with E-state index in [1.807, 2.05) is 0 Å². The standard InChI is InChI=1S/C15H12FNO6/c1-9(15(18)19)22-12-4-2-3-5-13(12)23-14-8-10(16)6-7-11(14)17(20)21/h2-9H,1H3,(H,18,19). The van der Waals surface area contributed by atoms with Crippen molar-refractivity contribution in [3.05, 3.63) is 58.4 Å². The molecule has 2 aromatic carbocycles. The number of nitro groups is 1. The number of hydrogen-bond acceptors (Lipinski definition) is 5. The van der Waals surface area contributed by atoms with Crippen molar-refractivity contribution in [1.29, 1.82) is 0 Å². The molecule has 2 aromatic rings. The predicted molar refractivity (Wildman–Crippen MR) is 77.3 cm³/mol. The highest BCUT2D eigenvalue weighted by atomic mass is 19.1. The number of halogens is 1. The van der Waals surface area contributed by atoms with Crippen LogP contribution >= 0.6 is 0 Å². The van der Waals surface area contributed by atoms with E-state index in [9.17, 15) is 19.3 Å². The van der Waals surface area contributed by atoms with Crippen molar-refractivity contribution in [2.45, 2.75) is 13.0 Å². The average Bonchev–Trinajstić information content (AvgIpc) is 2.48. The van der Waals surface area contributed by atoms with Crippen molar-refractivity contribution in [1.82, 2.24) is 0 Å². The van der Waals surface area contributed by atoms with Crippen LogP contribution in [0.3, 0.4) is 0 Å². The lowest BCUT2D eigenvalue weighted by Gasteiger charge is -2.14. The van der Waals surface area contributed by atoms with Crippen molar-refractivity contribution < 1.29 is 28.7 Å². The van der Waals surface area contributed by atoms with Crippen molar-refractivity contribution in [2.24, 2.45) is 0 Å². The molecule has 0 heterocycles. The summed E-state index contributed by atoms with van der Waals surface area (Å²) >= 11 is 0. The Morgan fingerprint density at radius 3 is 2.48 bits per heavy atom. The Balaban J connectivity index is 2.36. The Kier molecular flexibility index (Phi) is 4.75. The fraction of sp³-hybridized carbons (Fsp3) is 0.133. The first-order valence-electron chi connectivity index (χ1n) is 6.48. The summed E-state index contributed by atoms with van der Waals surface area (Å²) in [6.07, 6.45) is -1.15. The van der Waals surface area contributed by atoms with Gasteiger partial charge in [-0.05, 0) is 25.1 Å². The van der Waals surface area contributed by atoms with E-state index in [2.05, 4.69) is 0 Å². The summed E-state index contributed by atoms with van der Waals surface area (Å²) in [5.74, 6) is -2.09. The summed E-state index contributed by atoms with van der Waals surface area (Å²) < 4.78 is 23.9. The van der Waals surface area contributed by atoms with Crippen LogP contribution in [0, 0.1) is 15.9 Å². The molecule has 0 bridgehead atoms. The van der Waals surface area contributed by atoms with Crippen molar-refractivity contribution >= 4 is 11.7 Å². The maximum Gasteiger partial charge on any atom is 0.344 e. The minimum Gasteiger partial charge on any atom is -0.479 e. The van der Waals surface area contributed by atoms with Crippen LogP contribution in [-0.2, 0) is 4.79 Å². The van der Waals surface area contributed by atoms with E-state index in [4.69, 9.17) is 14.6 Å². The molecule has 1 N–H and O–H groups in total. The molecule has 2 rings (SSSR count). The first kappa shape index (κ1) is 16.2. The van der Waals surface area contributed by atoms with E-state index in [1.54, 1.807) is 12.1 Å². The van der Waals surface area contributed by atoms with Crippen LogP contribution < -0.4 is 9.47 Å². The molecule has 0 spiro atoms. The lowest BCUT2D eigenvalue weighted by molar-refractivity contribution is -0.385. The van der Waals surface area contributed by atoms with Crippen LogP contribution in [0.2, 0.25) is 0 Å². The van der Waals surface area contributed by atoms with Gasteiger partial charge >= 0.3 is 11.7 Å². The number of carbonyl (C=O) groups is 1. The zero-order chi connectivity index (χ0) is 17.0. The van der Waals surface area contributed by atoms with Crippen molar-refractivity contribution in [2.75, 3.05) is 0 Å². The Hall–Kier alpha value is -3.16. The van der Waals surface area contributed by atoms with Gasteiger partial charge in [-0.3, -0.25) is 10.1 Å². The van der Waals surface area contributed by atoms with Gasteiger partial charge in [0.05, 0.1) is 4.92 Å². The summed E-state index contributed by atoms with van der Waals surface area (Å²) in [5.41, 5.74) is -0.424. The maximum absolute atomic E-state index is 13.3. The number of rotatable bonds is 6. The first-order valence-corrected chi connectivity index (χ1v) is 6.48. The molecule has 0 aliphatic heterocycles. The van der Waals surface area contributed by atoms with Gasteiger partial charge in [0.25, 0.3) is 0 Å². The zero-order valence-electron chi connectivity index (χ0n) is 11.9. The number of ether oxygens (including phenoxy) is 2. The quantitative estimate of drug-likeness (QED) is 0.647. The van der Waals surface area contributed by atoms with Crippen LogP contribution in [0.5, 0.6) is 17.2 Å². The van der Waals surface area contributed by atoms with Crippen LogP contribution in [0.1, 0.15) is 6.92 Å². The van der Waals surface area contributed by atoms with E-state index < -0.39 is 28.5 Å². The Labute approximate surface area is 130 Å². The lowest BCUT2D eigenvalue weighted by Crippen LogP contribution is -2.23. The van der Waals surface area contributed by atoms with Gasteiger partial charge < -0.3 is 14.6 Å². The molecule has 0 saturated carbocycles. The van der Waals surface area contributed by atoms with Crippen LogP contribution in [-0.4, -0.2) is 22.1 Å². The second-order valence-corrected chi connectivity index (χ2v) is 4.52. The number of carboxylic acid groups (broad SMARTS) is 1. The molecule has 0 amide bonds. The fourth-order valence-electron chi connectivity index (χ4n) is 1.71. The number of nitrogens with zero attached hydrogens (tertiary/aromatic N) is 1. The molecule has 0 saturated heterocycles. The smallest absolute Gasteiger partial charge is 0.344 e. The number of benzene rings is 2. The Morgan fingerprint density at radius 2 is 1.87 bits per heavy atom. The Bertz CT molecular complexity index is 748. The van der Waals surface area contributed by atoms with E-state index in [-0.39, 0.29) is 17.2 Å². The van der Waals surface area contributed by atoms with Gasteiger partial charge in [0.15, 0.2) is 17.6 Å². The summed E-state index contributed by atoms with van der Waals surface area (Å²) in [6.45, 7) is 1.32. The number of para-hydroxylation sites is 2. The molecule has 23 heavy (non-hydrogen) atoms. The highest BCUT2D eigenvalue weighted by molar-refractivity contribution is 5.72. The zero-order valence-corrected chi connectivity index (χ0v) is 11.9. The monoisotopic (exact) mass is 321 g/mol. The van der Waals surface area contributed by atoms with Crippen molar-refractivity contribution in [3.8, 4) is 17.2 Å². The third kappa shape index (κ3) is 3.94. The Morgan fingerprint density at radius 1 is 1.22 bits per heavy atom. The molecule has 1 atom stereocenters. The molecule has 0 aliphatic carbocycles. The molecule has 120 valence electrons. The topological polar surface area (TPSA) is 98.9 Å². The number of aliphatic carboxylic acids is 1. The number of carboxylic acids is 1. The molecule has 1 unspecified atom stereocenters. The van der Waals surface area contributed by atoms with E-state index >= 15 is 0 Å². The molecular formula is C15H12FNO6. The summed E-state index contributed by atoms with van der Waals surface area (Å²) in [5, 5.41) is 19.8. The minimum absolute atomic E-state index is 0.0364. The van der Waals surface area contributed by atoms with Gasteiger partial charge in [0, 0.05) is 12.1 Å². The van der Waals surface area contributed by atoms with Crippen LogP contribution in [0.4, 0.5) is 10.1 Å². The summed E-state index contributed by atoms with van der Waals surface area (Å²) in [6, 6.07) is 8.82. The highest BCUT2D eigenvalue weighted by Crippen LogP contribution is 2.36. The second kappa shape index (κ2) is 6.73. The van der Waals surface area contributed by atoms with Crippen LogP contribution in [0.25, 0.3) is 0 Å². The van der Waals surface area contributed by atoms with Crippen molar-refractivity contribution in [3.63, 3.8) is 0 Å². The summed E-state index contributed by atoms with van der Waals surface area (Å²) in [7, 11) is 0. The third-order valence-corrected chi connectivity index (χ3v) is 2.84. The molecule has 0 radical (unpaired) electrons. The molecule has 0 aliphatic rings. The fourth-order valence-corrected chi connectivity index (χ4v) is 1.71. The first-order chi connectivity index (χ1) is 10.9. The second-order valence-electron chi connectivity index (χ2n) is 4.52. The lowest BCUT2D eigenvalue weighted by atomic mass is 10.2. The van der Waals surface area contributed by atoms with Gasteiger partial charge in [-0.1, -0.05) is 12.1 Å². The van der Waals surface area contributed by atoms with E-state index in [0.717, 1.165) is 18.2 Å². The highest BCUT2D eigenvalue weighted by Gasteiger charge is 2.20. The largest absolute Gasteiger partial charge is 0.479 e. The van der Waals surface area contributed by atoms with Gasteiger partial charge in [-0.15, -0.1) is 0 Å². The van der Waals surface area contributed by atoms with Gasteiger partial charge in [0.2, 0.25) is 5.75 Å². The molecule has 8 heteroatoms. The SMILES string of the molecule is CC(Oc1ccccc1Oc1cc(F)ccc1[N+](=O)[O-])C(=O)O. The summed E-state index contributed by atoms with van der Waals surface area (Å²) in [4.78, 5) is 21.1. The number of nitro benzene ring substituents is 1. The molecule has 0 aromatic heterocycles. The van der Waals surface area contributed by atoms with Gasteiger partial charge in [-0.2, -0.15) is 0 Å².